The van der Waals surface area contributed by atoms with Gasteiger partial charge in [-0.1, -0.05) is 26.2 Å². The SMILES string of the molecule is C#Cc1ccc(C2CCC(CCCC)CC2)nn1. The van der Waals surface area contributed by atoms with Crippen LogP contribution in [0.5, 0.6) is 0 Å². The number of hydrogen-bond acceptors (Lipinski definition) is 2. The molecule has 1 fully saturated rings. The summed E-state index contributed by atoms with van der Waals surface area (Å²) in [6.07, 6.45) is 14.6. The molecule has 2 rings (SSSR count). The maximum absolute atomic E-state index is 5.29. The predicted octanol–water partition coefficient (Wildman–Crippen LogP) is 3.92. The molecule has 0 radical (unpaired) electrons. The third-order valence-electron chi connectivity index (χ3n) is 4.06. The standard InChI is InChI=1S/C16H22N2/c1-3-5-6-13-7-9-14(10-8-13)16-12-11-15(4-2)17-18-16/h2,11-14H,3,5-10H2,1H3. The lowest BCUT2D eigenvalue weighted by Gasteiger charge is -2.27. The Morgan fingerprint density at radius 1 is 1.22 bits per heavy atom. The van der Waals surface area contributed by atoms with Crippen LogP contribution in [0.3, 0.4) is 0 Å². The van der Waals surface area contributed by atoms with Crippen LogP contribution in [0, 0.1) is 18.3 Å². The fourth-order valence-electron chi connectivity index (χ4n) is 2.88. The maximum atomic E-state index is 5.29. The van der Waals surface area contributed by atoms with Crippen molar-refractivity contribution in [3.05, 3.63) is 23.5 Å². The first kappa shape index (κ1) is 13.1. The summed E-state index contributed by atoms with van der Waals surface area (Å²) in [5.74, 6) is 4.06. The van der Waals surface area contributed by atoms with Crippen molar-refractivity contribution in [2.75, 3.05) is 0 Å². The Morgan fingerprint density at radius 2 is 2.00 bits per heavy atom. The molecule has 0 atom stereocenters. The summed E-state index contributed by atoms with van der Waals surface area (Å²) in [6.45, 7) is 2.27. The Hall–Kier alpha value is -1.36. The van der Waals surface area contributed by atoms with Gasteiger partial charge in [-0.3, -0.25) is 0 Å². The molecular weight excluding hydrogens is 220 g/mol. The van der Waals surface area contributed by atoms with E-state index in [1.807, 2.05) is 6.07 Å². The minimum absolute atomic E-state index is 0.599. The molecule has 0 bridgehead atoms. The van der Waals surface area contributed by atoms with E-state index in [1.54, 1.807) is 0 Å². The van der Waals surface area contributed by atoms with Crippen LogP contribution in [0.25, 0.3) is 0 Å². The van der Waals surface area contributed by atoms with Crippen LogP contribution in [0.4, 0.5) is 0 Å². The van der Waals surface area contributed by atoms with Crippen LogP contribution >= 0.6 is 0 Å². The number of nitrogens with zero attached hydrogens (tertiary/aromatic N) is 2. The fourth-order valence-corrected chi connectivity index (χ4v) is 2.88. The second-order valence-electron chi connectivity index (χ2n) is 5.35. The van der Waals surface area contributed by atoms with Gasteiger partial charge in [0.05, 0.1) is 5.69 Å². The molecule has 18 heavy (non-hydrogen) atoms. The van der Waals surface area contributed by atoms with Crippen molar-refractivity contribution in [2.24, 2.45) is 5.92 Å². The van der Waals surface area contributed by atoms with Gasteiger partial charge in [0.25, 0.3) is 0 Å². The van der Waals surface area contributed by atoms with Gasteiger partial charge in [0.1, 0.15) is 5.69 Å². The van der Waals surface area contributed by atoms with E-state index in [4.69, 9.17) is 6.42 Å². The molecule has 0 aromatic carbocycles. The second kappa shape index (κ2) is 6.54. The van der Waals surface area contributed by atoms with E-state index in [9.17, 15) is 0 Å². The lowest BCUT2D eigenvalue weighted by atomic mass is 9.78. The molecule has 1 saturated carbocycles. The Labute approximate surface area is 110 Å². The zero-order chi connectivity index (χ0) is 12.8. The van der Waals surface area contributed by atoms with Crippen LogP contribution in [-0.4, -0.2) is 10.2 Å². The second-order valence-corrected chi connectivity index (χ2v) is 5.35. The van der Waals surface area contributed by atoms with Crippen LogP contribution in [-0.2, 0) is 0 Å². The third-order valence-corrected chi connectivity index (χ3v) is 4.06. The van der Waals surface area contributed by atoms with E-state index in [2.05, 4.69) is 29.1 Å². The number of aromatic nitrogens is 2. The average molecular weight is 242 g/mol. The molecule has 0 unspecified atom stereocenters. The smallest absolute Gasteiger partial charge is 0.135 e. The highest BCUT2D eigenvalue weighted by Crippen LogP contribution is 2.36. The molecule has 0 saturated heterocycles. The maximum Gasteiger partial charge on any atom is 0.135 e. The number of unbranched alkanes of at least 4 members (excludes halogenated alkanes) is 1. The van der Waals surface area contributed by atoms with Crippen LogP contribution in [0.2, 0.25) is 0 Å². The molecule has 2 nitrogen and oxygen atoms in total. The first-order valence-corrected chi connectivity index (χ1v) is 7.13. The summed E-state index contributed by atoms with van der Waals surface area (Å²) in [6, 6.07) is 3.96. The Morgan fingerprint density at radius 3 is 2.56 bits per heavy atom. The number of hydrogen-bond donors (Lipinski definition) is 0. The number of rotatable bonds is 4. The minimum Gasteiger partial charge on any atom is -0.154 e. The molecule has 0 N–H and O–H groups in total. The summed E-state index contributed by atoms with van der Waals surface area (Å²) in [7, 11) is 0. The molecule has 0 aliphatic heterocycles. The van der Waals surface area contributed by atoms with Gasteiger partial charge < -0.3 is 0 Å². The zero-order valence-electron chi connectivity index (χ0n) is 11.2. The van der Waals surface area contributed by atoms with Gasteiger partial charge in [-0.2, -0.15) is 5.10 Å². The van der Waals surface area contributed by atoms with E-state index >= 15 is 0 Å². The molecular formula is C16H22N2. The quantitative estimate of drug-likeness (QED) is 0.748. The van der Waals surface area contributed by atoms with Gasteiger partial charge in [-0.25, -0.2) is 0 Å². The first-order valence-electron chi connectivity index (χ1n) is 7.13. The average Bonchev–Trinajstić information content (AvgIpc) is 2.46. The van der Waals surface area contributed by atoms with Crippen LogP contribution in [0.15, 0.2) is 12.1 Å². The van der Waals surface area contributed by atoms with E-state index in [1.165, 1.54) is 44.9 Å². The van der Waals surface area contributed by atoms with Crippen molar-refractivity contribution in [3.8, 4) is 12.3 Å². The Kier molecular flexibility index (Phi) is 4.75. The normalized spacial score (nSPS) is 23.6. The van der Waals surface area contributed by atoms with Crippen LogP contribution in [0.1, 0.15) is 69.2 Å². The Balaban J connectivity index is 1.87. The number of terminal acetylenes is 1. The highest BCUT2D eigenvalue weighted by atomic mass is 15.1. The minimum atomic E-state index is 0.599. The van der Waals surface area contributed by atoms with Crippen molar-refractivity contribution in [2.45, 2.75) is 57.8 Å². The summed E-state index contributed by atoms with van der Waals surface area (Å²) in [4.78, 5) is 0. The van der Waals surface area contributed by atoms with Crippen molar-refractivity contribution >= 4 is 0 Å². The van der Waals surface area contributed by atoms with Gasteiger partial charge in [-0.15, -0.1) is 11.5 Å². The van der Waals surface area contributed by atoms with Crippen LogP contribution < -0.4 is 0 Å². The fraction of sp³-hybridized carbons (Fsp3) is 0.625. The molecule has 1 aliphatic rings. The summed E-state index contributed by atoms with van der Waals surface area (Å²) >= 11 is 0. The lowest BCUT2D eigenvalue weighted by Crippen LogP contribution is -2.14. The molecule has 0 amide bonds. The molecule has 0 spiro atoms. The van der Waals surface area contributed by atoms with E-state index in [0.717, 1.165) is 11.6 Å². The first-order chi connectivity index (χ1) is 8.83. The highest BCUT2D eigenvalue weighted by Gasteiger charge is 2.22. The van der Waals surface area contributed by atoms with Crippen molar-refractivity contribution in [3.63, 3.8) is 0 Å². The molecule has 1 heterocycles. The topological polar surface area (TPSA) is 25.8 Å². The highest BCUT2D eigenvalue weighted by molar-refractivity contribution is 5.24. The van der Waals surface area contributed by atoms with Gasteiger partial charge >= 0.3 is 0 Å². The van der Waals surface area contributed by atoms with Crippen molar-refractivity contribution in [1.29, 1.82) is 0 Å². The Bertz CT molecular complexity index is 394. The predicted molar refractivity (Wildman–Crippen MR) is 74.2 cm³/mol. The van der Waals surface area contributed by atoms with E-state index in [-0.39, 0.29) is 0 Å². The van der Waals surface area contributed by atoms with Crippen molar-refractivity contribution in [1.82, 2.24) is 10.2 Å². The molecule has 1 aromatic rings. The summed E-state index contributed by atoms with van der Waals surface area (Å²) < 4.78 is 0. The lowest BCUT2D eigenvalue weighted by molar-refractivity contribution is 0.301. The molecule has 2 heteroatoms. The van der Waals surface area contributed by atoms with Gasteiger partial charge in [-0.05, 0) is 49.7 Å². The molecule has 96 valence electrons. The third kappa shape index (κ3) is 3.32. The van der Waals surface area contributed by atoms with Gasteiger partial charge in [0, 0.05) is 5.92 Å². The largest absolute Gasteiger partial charge is 0.154 e. The molecule has 1 aliphatic carbocycles. The van der Waals surface area contributed by atoms with Gasteiger partial charge in [0.15, 0.2) is 0 Å². The molecule has 1 aromatic heterocycles. The van der Waals surface area contributed by atoms with Gasteiger partial charge in [0.2, 0.25) is 0 Å². The van der Waals surface area contributed by atoms with E-state index in [0.29, 0.717) is 11.6 Å². The van der Waals surface area contributed by atoms with E-state index < -0.39 is 0 Å². The monoisotopic (exact) mass is 242 g/mol. The summed E-state index contributed by atoms with van der Waals surface area (Å²) in [5.41, 5.74) is 1.76. The zero-order valence-corrected chi connectivity index (χ0v) is 11.2. The van der Waals surface area contributed by atoms with Crippen molar-refractivity contribution < 1.29 is 0 Å². The summed E-state index contributed by atoms with van der Waals surface area (Å²) in [5, 5.41) is 8.32.